The minimum atomic E-state index is -0.175. The molecular weight excluding hydrogens is 340 g/mol. The molecule has 3 heterocycles. The van der Waals surface area contributed by atoms with Crippen molar-refractivity contribution in [2.45, 2.75) is 26.2 Å². The van der Waals surface area contributed by atoms with Crippen LogP contribution in [0, 0.1) is 5.92 Å². The van der Waals surface area contributed by atoms with E-state index >= 15 is 0 Å². The van der Waals surface area contributed by atoms with Crippen molar-refractivity contribution in [3.63, 3.8) is 0 Å². The molecule has 1 fully saturated rings. The van der Waals surface area contributed by atoms with E-state index in [2.05, 4.69) is 16.9 Å². The van der Waals surface area contributed by atoms with E-state index < -0.39 is 0 Å². The molecule has 0 aromatic carbocycles. The Hall–Kier alpha value is -2.76. The van der Waals surface area contributed by atoms with Gasteiger partial charge >= 0.3 is 0 Å². The van der Waals surface area contributed by atoms with Crippen LogP contribution in [0.25, 0.3) is 0 Å². The van der Waals surface area contributed by atoms with Crippen molar-refractivity contribution < 1.29 is 9.59 Å². The van der Waals surface area contributed by atoms with Gasteiger partial charge in [-0.05, 0) is 55.0 Å². The highest BCUT2D eigenvalue weighted by atomic mass is 16.2. The lowest BCUT2D eigenvalue weighted by molar-refractivity contribution is 0.0683. The van der Waals surface area contributed by atoms with Crippen LogP contribution in [0.4, 0.5) is 0 Å². The van der Waals surface area contributed by atoms with Gasteiger partial charge in [-0.3, -0.25) is 19.6 Å². The predicted molar refractivity (Wildman–Crippen MR) is 103 cm³/mol. The summed E-state index contributed by atoms with van der Waals surface area (Å²) in [4.78, 5) is 37.2. The molecule has 6 heteroatoms. The summed E-state index contributed by atoms with van der Waals surface area (Å²) in [6, 6.07) is 7.19. The Morgan fingerprint density at radius 1 is 1.22 bits per heavy atom. The number of likely N-dealkylation sites (tertiary alicyclic amines) is 1. The number of hydrogen-bond acceptors (Lipinski definition) is 4. The highest BCUT2D eigenvalue weighted by Crippen LogP contribution is 2.18. The van der Waals surface area contributed by atoms with Gasteiger partial charge in [0.15, 0.2) is 0 Å². The van der Waals surface area contributed by atoms with Crippen LogP contribution in [0.2, 0.25) is 0 Å². The van der Waals surface area contributed by atoms with Gasteiger partial charge in [-0.15, -0.1) is 0 Å². The number of pyridine rings is 2. The number of likely N-dealkylation sites (N-methyl/N-ethyl adjacent to an activating group) is 1. The number of piperidine rings is 1. The summed E-state index contributed by atoms with van der Waals surface area (Å²) in [5.74, 6) is 0.327. The second kappa shape index (κ2) is 8.75. The van der Waals surface area contributed by atoms with Crippen LogP contribution in [0.5, 0.6) is 0 Å². The lowest BCUT2D eigenvalue weighted by atomic mass is 9.99. The fourth-order valence-corrected chi connectivity index (χ4v) is 3.38. The highest BCUT2D eigenvalue weighted by molar-refractivity contribution is 5.98. The van der Waals surface area contributed by atoms with Crippen LogP contribution in [-0.2, 0) is 6.42 Å². The molecule has 0 N–H and O–H groups in total. The molecule has 6 nitrogen and oxygen atoms in total. The average Bonchev–Trinajstić information content (AvgIpc) is 2.71. The Morgan fingerprint density at radius 3 is 2.74 bits per heavy atom. The molecular formula is C21H26N4O2. The molecule has 2 amide bonds. The first kappa shape index (κ1) is 19.0. The minimum absolute atomic E-state index is 0.0163. The molecule has 0 spiro atoms. The Bertz CT molecular complexity index is 794. The maximum atomic E-state index is 12.8. The summed E-state index contributed by atoms with van der Waals surface area (Å²) in [5, 5.41) is 0. The number of rotatable bonds is 5. The molecule has 1 atom stereocenters. The van der Waals surface area contributed by atoms with E-state index in [1.807, 2.05) is 17.0 Å². The van der Waals surface area contributed by atoms with Gasteiger partial charge in [0.25, 0.3) is 11.8 Å². The molecule has 27 heavy (non-hydrogen) atoms. The molecule has 0 bridgehead atoms. The van der Waals surface area contributed by atoms with Crippen molar-refractivity contribution in [2.75, 3.05) is 26.7 Å². The summed E-state index contributed by atoms with van der Waals surface area (Å²) >= 11 is 0. The fourth-order valence-electron chi connectivity index (χ4n) is 3.38. The van der Waals surface area contributed by atoms with Crippen molar-refractivity contribution in [3.8, 4) is 0 Å². The first-order valence-electron chi connectivity index (χ1n) is 9.44. The van der Waals surface area contributed by atoms with Gasteiger partial charge in [0.1, 0.15) is 5.69 Å². The number of nitrogens with zero attached hydrogens (tertiary/aromatic N) is 4. The summed E-state index contributed by atoms with van der Waals surface area (Å²) in [7, 11) is 1.76. The SMILES string of the molecule is CC1CCCN(C(=O)c2ccnc(C(=O)N(C)CCc3ccncc3)c2)C1. The molecule has 1 aliphatic rings. The van der Waals surface area contributed by atoms with Crippen molar-refractivity contribution >= 4 is 11.8 Å². The van der Waals surface area contributed by atoms with Gasteiger partial charge in [0.2, 0.25) is 0 Å². The second-order valence-corrected chi connectivity index (χ2v) is 7.26. The van der Waals surface area contributed by atoms with E-state index in [9.17, 15) is 9.59 Å². The molecule has 1 unspecified atom stereocenters. The molecule has 142 valence electrons. The zero-order valence-corrected chi connectivity index (χ0v) is 16.0. The number of carbonyl (C=O) groups is 2. The van der Waals surface area contributed by atoms with Crippen molar-refractivity contribution in [2.24, 2.45) is 5.92 Å². The number of carbonyl (C=O) groups excluding carboxylic acids is 2. The maximum absolute atomic E-state index is 12.8. The summed E-state index contributed by atoms with van der Waals surface area (Å²) in [6.45, 7) is 4.29. The molecule has 1 aliphatic heterocycles. The van der Waals surface area contributed by atoms with Crippen LogP contribution in [0.3, 0.4) is 0 Å². The number of amides is 2. The van der Waals surface area contributed by atoms with Crippen LogP contribution in [0.15, 0.2) is 42.9 Å². The molecule has 2 aromatic heterocycles. The normalized spacial score (nSPS) is 16.8. The van der Waals surface area contributed by atoms with Crippen LogP contribution < -0.4 is 0 Å². The van der Waals surface area contributed by atoms with E-state index in [1.54, 1.807) is 42.7 Å². The van der Waals surface area contributed by atoms with Crippen LogP contribution >= 0.6 is 0 Å². The third-order valence-corrected chi connectivity index (χ3v) is 5.00. The topological polar surface area (TPSA) is 66.4 Å². The number of aromatic nitrogens is 2. The minimum Gasteiger partial charge on any atom is -0.340 e. The average molecular weight is 366 g/mol. The molecule has 0 saturated carbocycles. The first-order chi connectivity index (χ1) is 13.0. The smallest absolute Gasteiger partial charge is 0.272 e. The number of hydrogen-bond donors (Lipinski definition) is 0. The Morgan fingerprint density at radius 2 is 2.00 bits per heavy atom. The quantitative estimate of drug-likeness (QED) is 0.816. The van der Waals surface area contributed by atoms with Gasteiger partial charge in [-0.1, -0.05) is 6.92 Å². The lowest BCUT2D eigenvalue weighted by Gasteiger charge is -2.31. The lowest BCUT2D eigenvalue weighted by Crippen LogP contribution is -2.39. The highest BCUT2D eigenvalue weighted by Gasteiger charge is 2.23. The molecule has 3 rings (SSSR count). The van der Waals surface area contributed by atoms with Crippen molar-refractivity contribution in [3.05, 3.63) is 59.7 Å². The summed E-state index contributed by atoms with van der Waals surface area (Å²) in [5.41, 5.74) is 1.97. The largest absolute Gasteiger partial charge is 0.340 e. The zero-order chi connectivity index (χ0) is 19.2. The maximum Gasteiger partial charge on any atom is 0.272 e. The van der Waals surface area contributed by atoms with Crippen molar-refractivity contribution in [1.29, 1.82) is 0 Å². The van der Waals surface area contributed by atoms with E-state index in [0.29, 0.717) is 23.7 Å². The zero-order valence-electron chi connectivity index (χ0n) is 16.0. The van der Waals surface area contributed by atoms with E-state index in [0.717, 1.165) is 37.9 Å². The first-order valence-corrected chi connectivity index (χ1v) is 9.44. The Kier molecular flexibility index (Phi) is 6.16. The van der Waals surface area contributed by atoms with Gasteiger partial charge in [0, 0.05) is 50.8 Å². The van der Waals surface area contributed by atoms with Crippen LogP contribution in [-0.4, -0.2) is 58.3 Å². The third-order valence-electron chi connectivity index (χ3n) is 5.00. The van der Waals surface area contributed by atoms with Crippen LogP contribution in [0.1, 0.15) is 46.2 Å². The molecule has 2 aromatic rings. The van der Waals surface area contributed by atoms with Crippen molar-refractivity contribution in [1.82, 2.24) is 19.8 Å². The third kappa shape index (κ3) is 4.90. The van der Waals surface area contributed by atoms with E-state index in [-0.39, 0.29) is 11.8 Å². The summed E-state index contributed by atoms with van der Waals surface area (Å²) < 4.78 is 0. The van der Waals surface area contributed by atoms with Gasteiger partial charge in [0.05, 0.1) is 0 Å². The summed E-state index contributed by atoms with van der Waals surface area (Å²) in [6.07, 6.45) is 7.97. The molecule has 0 radical (unpaired) electrons. The standard InChI is InChI=1S/C21H26N4O2/c1-16-4-3-12-25(15-16)20(26)18-7-11-23-19(14-18)21(27)24(2)13-8-17-5-9-22-10-6-17/h5-7,9-11,14,16H,3-4,8,12-13,15H2,1-2H3. The Balaban J connectivity index is 1.65. The molecule has 1 saturated heterocycles. The van der Waals surface area contributed by atoms with Gasteiger partial charge in [-0.2, -0.15) is 0 Å². The monoisotopic (exact) mass is 366 g/mol. The van der Waals surface area contributed by atoms with E-state index in [4.69, 9.17) is 0 Å². The van der Waals surface area contributed by atoms with Gasteiger partial charge < -0.3 is 9.80 Å². The predicted octanol–water partition coefficient (Wildman–Crippen LogP) is 2.66. The fraction of sp³-hybridized carbons (Fsp3) is 0.429. The molecule has 0 aliphatic carbocycles. The second-order valence-electron chi connectivity index (χ2n) is 7.26. The van der Waals surface area contributed by atoms with E-state index in [1.165, 1.54) is 0 Å². The Labute approximate surface area is 160 Å². The van der Waals surface area contributed by atoms with Gasteiger partial charge in [-0.25, -0.2) is 0 Å².